The molecule has 0 saturated heterocycles. The molecule has 0 N–H and O–H groups in total. The maximum atomic E-state index is 9.49. The molecule has 2 aromatic carbocycles. The summed E-state index contributed by atoms with van der Waals surface area (Å²) in [4.78, 5) is 0. The lowest BCUT2D eigenvalue weighted by Gasteiger charge is -2.33. The summed E-state index contributed by atoms with van der Waals surface area (Å²) < 4.78 is 0. The fourth-order valence-electron chi connectivity index (χ4n) is 3.57. The highest BCUT2D eigenvalue weighted by Crippen LogP contribution is 2.37. The molecule has 0 fully saturated rings. The maximum Gasteiger partial charge on any atom is 0.0994 e. The second-order valence-electron chi connectivity index (χ2n) is 8.52. The molecule has 2 aromatic rings. The molecule has 2 rings (SSSR count). The lowest BCUT2D eigenvalue weighted by molar-refractivity contribution is 0.284. The fourth-order valence-corrected chi connectivity index (χ4v) is 4.04. The number of benzene rings is 2. The summed E-state index contributed by atoms with van der Waals surface area (Å²) in [7, 11) is 0. The van der Waals surface area contributed by atoms with Crippen molar-refractivity contribution in [3.8, 4) is 6.07 Å². The molecular weight excluding hydrogens is 349 g/mol. The van der Waals surface area contributed by atoms with Crippen LogP contribution in [0.5, 0.6) is 0 Å². The molecule has 0 aromatic heterocycles. The van der Waals surface area contributed by atoms with E-state index in [0.717, 1.165) is 17.5 Å². The summed E-state index contributed by atoms with van der Waals surface area (Å²) in [5.74, 6) is 0. The standard InChI is InChI=1S/C22H25Cl2N/c1-21(2,3)14-22(4,5)18-8-6-16(13-25)17(11-18)10-15-7-9-19(23)12-20(15)24/h6-9,11-12H,10,14H2,1-5H3. The van der Waals surface area contributed by atoms with Gasteiger partial charge in [0.25, 0.3) is 0 Å². The predicted molar refractivity (Wildman–Crippen MR) is 108 cm³/mol. The van der Waals surface area contributed by atoms with Gasteiger partial charge in [0.15, 0.2) is 0 Å². The summed E-state index contributed by atoms with van der Waals surface area (Å²) in [6.45, 7) is 11.3. The van der Waals surface area contributed by atoms with Crippen LogP contribution in [-0.2, 0) is 11.8 Å². The third kappa shape index (κ3) is 5.24. The normalized spacial score (nSPS) is 12.1. The number of nitriles is 1. The van der Waals surface area contributed by atoms with Crippen LogP contribution in [0.15, 0.2) is 36.4 Å². The van der Waals surface area contributed by atoms with Gasteiger partial charge in [-0.2, -0.15) is 5.26 Å². The van der Waals surface area contributed by atoms with Gasteiger partial charge >= 0.3 is 0 Å². The van der Waals surface area contributed by atoms with Gasteiger partial charge in [-0.25, -0.2) is 0 Å². The maximum absolute atomic E-state index is 9.49. The molecule has 0 radical (unpaired) electrons. The Morgan fingerprint density at radius 1 is 0.920 bits per heavy atom. The van der Waals surface area contributed by atoms with Crippen LogP contribution in [0.1, 0.15) is 63.3 Å². The van der Waals surface area contributed by atoms with Crippen molar-refractivity contribution in [1.29, 1.82) is 5.26 Å². The number of hydrogen-bond acceptors (Lipinski definition) is 1. The zero-order valence-electron chi connectivity index (χ0n) is 15.6. The van der Waals surface area contributed by atoms with E-state index in [1.54, 1.807) is 6.07 Å². The quantitative estimate of drug-likeness (QED) is 0.556. The van der Waals surface area contributed by atoms with E-state index in [4.69, 9.17) is 23.2 Å². The first-order valence-electron chi connectivity index (χ1n) is 8.49. The fraction of sp³-hybridized carbons (Fsp3) is 0.409. The molecule has 0 amide bonds. The van der Waals surface area contributed by atoms with Crippen molar-refractivity contribution >= 4 is 23.2 Å². The first kappa shape index (κ1) is 19.8. The van der Waals surface area contributed by atoms with Crippen LogP contribution >= 0.6 is 23.2 Å². The molecule has 1 nitrogen and oxygen atoms in total. The molecule has 0 spiro atoms. The Hall–Kier alpha value is -1.49. The number of nitrogens with zero attached hydrogens (tertiary/aromatic N) is 1. The second-order valence-corrected chi connectivity index (χ2v) is 9.36. The Bertz CT molecular complexity index is 808. The lowest BCUT2D eigenvalue weighted by Crippen LogP contribution is -2.25. The molecule has 0 unspecified atom stereocenters. The summed E-state index contributed by atoms with van der Waals surface area (Å²) >= 11 is 12.3. The van der Waals surface area contributed by atoms with Gasteiger partial charge in [0.05, 0.1) is 11.6 Å². The van der Waals surface area contributed by atoms with Crippen LogP contribution in [0.3, 0.4) is 0 Å². The van der Waals surface area contributed by atoms with Crippen LogP contribution in [0.25, 0.3) is 0 Å². The van der Waals surface area contributed by atoms with Gasteiger partial charge in [0.1, 0.15) is 0 Å². The summed E-state index contributed by atoms with van der Waals surface area (Å²) in [6, 6.07) is 14.0. The highest BCUT2D eigenvalue weighted by Gasteiger charge is 2.27. The summed E-state index contributed by atoms with van der Waals surface area (Å²) in [5, 5.41) is 10.7. The lowest BCUT2D eigenvalue weighted by atomic mass is 9.72. The summed E-state index contributed by atoms with van der Waals surface area (Å²) in [5.41, 5.74) is 4.20. The first-order chi connectivity index (χ1) is 11.5. The van der Waals surface area contributed by atoms with Crippen molar-refractivity contribution in [2.45, 2.75) is 52.9 Å². The highest BCUT2D eigenvalue weighted by atomic mass is 35.5. The van der Waals surface area contributed by atoms with Gasteiger partial charge in [-0.3, -0.25) is 0 Å². The molecule has 0 aliphatic rings. The van der Waals surface area contributed by atoms with Crippen molar-refractivity contribution in [1.82, 2.24) is 0 Å². The molecule has 25 heavy (non-hydrogen) atoms. The number of hydrogen-bond donors (Lipinski definition) is 0. The van der Waals surface area contributed by atoms with Gasteiger partial charge in [-0.15, -0.1) is 0 Å². The molecule has 132 valence electrons. The van der Waals surface area contributed by atoms with Crippen molar-refractivity contribution in [2.24, 2.45) is 5.41 Å². The average molecular weight is 374 g/mol. The second kappa shape index (κ2) is 7.40. The topological polar surface area (TPSA) is 23.8 Å². The first-order valence-corrected chi connectivity index (χ1v) is 9.25. The molecular formula is C22H25Cl2N. The largest absolute Gasteiger partial charge is 0.192 e. The third-order valence-electron chi connectivity index (χ3n) is 4.38. The van der Waals surface area contributed by atoms with Crippen LogP contribution in [0.4, 0.5) is 0 Å². The Morgan fingerprint density at radius 2 is 1.60 bits per heavy atom. The van der Waals surface area contributed by atoms with Crippen molar-refractivity contribution in [3.63, 3.8) is 0 Å². The molecule has 0 saturated carbocycles. The SMILES string of the molecule is CC(C)(C)CC(C)(C)c1ccc(C#N)c(Cc2ccc(Cl)cc2Cl)c1. The van der Waals surface area contributed by atoms with E-state index in [-0.39, 0.29) is 10.8 Å². The van der Waals surface area contributed by atoms with E-state index >= 15 is 0 Å². The smallest absolute Gasteiger partial charge is 0.0994 e. The zero-order valence-corrected chi connectivity index (χ0v) is 17.1. The number of halogens is 2. The average Bonchev–Trinajstić information content (AvgIpc) is 2.47. The Labute approximate surface area is 161 Å². The Balaban J connectivity index is 2.42. The Kier molecular flexibility index (Phi) is 5.87. The molecule has 3 heteroatoms. The minimum Gasteiger partial charge on any atom is -0.192 e. The molecule has 0 aliphatic carbocycles. The van der Waals surface area contributed by atoms with E-state index < -0.39 is 0 Å². The Morgan fingerprint density at radius 3 is 2.16 bits per heavy atom. The van der Waals surface area contributed by atoms with E-state index in [0.29, 0.717) is 22.0 Å². The van der Waals surface area contributed by atoms with Crippen LogP contribution in [0.2, 0.25) is 10.0 Å². The van der Waals surface area contributed by atoms with Crippen LogP contribution < -0.4 is 0 Å². The van der Waals surface area contributed by atoms with E-state index in [1.807, 2.05) is 18.2 Å². The zero-order chi connectivity index (χ0) is 18.8. The van der Waals surface area contributed by atoms with Crippen molar-refractivity contribution < 1.29 is 0 Å². The third-order valence-corrected chi connectivity index (χ3v) is 4.96. The predicted octanol–water partition coefficient (Wildman–Crippen LogP) is 7.17. The molecule has 0 heterocycles. The van der Waals surface area contributed by atoms with Gasteiger partial charge in [0, 0.05) is 16.5 Å². The minimum absolute atomic E-state index is 0.0325. The van der Waals surface area contributed by atoms with Crippen LogP contribution in [-0.4, -0.2) is 0 Å². The van der Waals surface area contributed by atoms with Gasteiger partial charge < -0.3 is 0 Å². The molecule has 0 bridgehead atoms. The number of rotatable bonds is 4. The van der Waals surface area contributed by atoms with Gasteiger partial charge in [-0.1, -0.05) is 76.0 Å². The van der Waals surface area contributed by atoms with E-state index in [2.05, 4.69) is 52.8 Å². The van der Waals surface area contributed by atoms with Crippen molar-refractivity contribution in [2.75, 3.05) is 0 Å². The summed E-state index contributed by atoms with van der Waals surface area (Å²) in [6.07, 6.45) is 1.69. The van der Waals surface area contributed by atoms with E-state index in [1.165, 1.54) is 5.56 Å². The highest BCUT2D eigenvalue weighted by molar-refractivity contribution is 6.35. The van der Waals surface area contributed by atoms with Gasteiger partial charge in [0.2, 0.25) is 0 Å². The molecule has 0 atom stereocenters. The van der Waals surface area contributed by atoms with Crippen LogP contribution in [0, 0.1) is 16.7 Å². The van der Waals surface area contributed by atoms with E-state index in [9.17, 15) is 5.26 Å². The monoisotopic (exact) mass is 373 g/mol. The minimum atomic E-state index is 0.0325. The van der Waals surface area contributed by atoms with Crippen molar-refractivity contribution in [3.05, 3.63) is 68.7 Å². The molecule has 0 aliphatic heterocycles. The van der Waals surface area contributed by atoms with Gasteiger partial charge in [-0.05, 0) is 52.1 Å².